The van der Waals surface area contributed by atoms with Crippen molar-refractivity contribution in [2.45, 2.75) is 37.5 Å². The minimum atomic E-state index is -4.21. The van der Waals surface area contributed by atoms with Gasteiger partial charge in [0.2, 0.25) is 5.91 Å². The van der Waals surface area contributed by atoms with E-state index in [-0.39, 0.29) is 28.1 Å². The van der Waals surface area contributed by atoms with Crippen LogP contribution in [0.15, 0.2) is 77.7 Å². The molecule has 2 amide bonds. The van der Waals surface area contributed by atoms with Gasteiger partial charge >= 0.3 is 0 Å². The van der Waals surface area contributed by atoms with Gasteiger partial charge in [0.25, 0.3) is 15.9 Å². The first-order valence-electron chi connectivity index (χ1n) is 11.1. The third-order valence-electron chi connectivity index (χ3n) is 5.03. The Morgan fingerprint density at radius 1 is 0.914 bits per heavy atom. The zero-order valence-corrected chi connectivity index (χ0v) is 20.0. The lowest BCUT2D eigenvalue weighted by atomic mass is 10.1. The highest BCUT2D eigenvalue weighted by molar-refractivity contribution is 7.90. The molecule has 6 nitrogen and oxygen atoms in total. The number of benzene rings is 3. The number of rotatable bonds is 8. The first-order chi connectivity index (χ1) is 16.8. The number of amides is 2. The van der Waals surface area contributed by atoms with Gasteiger partial charge < -0.3 is 5.32 Å². The van der Waals surface area contributed by atoms with Crippen LogP contribution < -0.4 is 10.0 Å². The summed E-state index contributed by atoms with van der Waals surface area (Å²) in [6.07, 6.45) is 2.37. The Kier molecular flexibility index (Phi) is 8.76. The molecule has 0 aliphatic rings. The number of nitrogens with one attached hydrogen (secondary N) is 2. The van der Waals surface area contributed by atoms with Gasteiger partial charge in [0.05, 0.1) is 11.3 Å². The molecule has 2 N–H and O–H groups in total. The maximum Gasteiger partial charge on any atom is 0.266 e. The van der Waals surface area contributed by atoms with Crippen molar-refractivity contribution in [3.63, 3.8) is 0 Å². The Labute approximate surface area is 204 Å². The molecule has 0 radical (unpaired) electrons. The molecule has 180 valence electrons. The van der Waals surface area contributed by atoms with E-state index in [4.69, 9.17) is 0 Å². The van der Waals surface area contributed by atoms with E-state index in [1.165, 1.54) is 30.3 Å². The van der Waals surface area contributed by atoms with Gasteiger partial charge in [-0.3, -0.25) is 9.59 Å². The zero-order valence-electron chi connectivity index (χ0n) is 19.2. The van der Waals surface area contributed by atoms with Gasteiger partial charge in [-0.2, -0.15) is 0 Å². The molecule has 3 aromatic carbocycles. The lowest BCUT2D eigenvalue weighted by molar-refractivity contribution is -0.119. The van der Waals surface area contributed by atoms with Crippen LogP contribution in [0, 0.1) is 17.7 Å². The summed E-state index contributed by atoms with van der Waals surface area (Å²) in [7, 11) is -4.21. The number of anilines is 1. The van der Waals surface area contributed by atoms with Crippen molar-refractivity contribution in [2.24, 2.45) is 0 Å². The van der Waals surface area contributed by atoms with E-state index in [1.807, 2.05) is 29.8 Å². The highest BCUT2D eigenvalue weighted by Crippen LogP contribution is 2.22. The Morgan fingerprint density at radius 3 is 2.34 bits per heavy atom. The van der Waals surface area contributed by atoms with Crippen molar-refractivity contribution in [3.05, 3.63) is 95.3 Å². The third kappa shape index (κ3) is 7.26. The van der Waals surface area contributed by atoms with Gasteiger partial charge in [-0.05, 0) is 48.9 Å². The van der Waals surface area contributed by atoms with E-state index in [1.54, 1.807) is 18.2 Å². The lowest BCUT2D eigenvalue weighted by Gasteiger charge is -2.13. The quantitative estimate of drug-likeness (QED) is 0.347. The second-order valence-corrected chi connectivity index (χ2v) is 9.40. The van der Waals surface area contributed by atoms with Crippen molar-refractivity contribution in [2.75, 3.05) is 5.32 Å². The van der Waals surface area contributed by atoms with Crippen LogP contribution in [0.3, 0.4) is 0 Å². The molecular weight excluding hydrogens is 467 g/mol. The number of hydrogen-bond acceptors (Lipinski definition) is 4. The highest BCUT2D eigenvalue weighted by atomic mass is 32.2. The number of halogens is 1. The lowest BCUT2D eigenvalue weighted by Crippen LogP contribution is -2.31. The summed E-state index contributed by atoms with van der Waals surface area (Å²) < 4.78 is 42.1. The van der Waals surface area contributed by atoms with E-state index in [0.29, 0.717) is 6.42 Å². The van der Waals surface area contributed by atoms with Gasteiger partial charge in [0, 0.05) is 17.5 Å². The fourth-order valence-corrected chi connectivity index (χ4v) is 4.39. The Bertz CT molecular complexity index is 1380. The average Bonchev–Trinajstić information content (AvgIpc) is 2.84. The molecule has 0 aliphatic heterocycles. The normalized spacial score (nSPS) is 10.7. The molecule has 0 aromatic heterocycles. The summed E-state index contributed by atoms with van der Waals surface area (Å²) in [4.78, 5) is 24.5. The monoisotopic (exact) mass is 492 g/mol. The fourth-order valence-electron chi connectivity index (χ4n) is 3.21. The largest absolute Gasteiger partial charge is 0.321 e. The molecule has 8 heteroatoms. The maximum absolute atomic E-state index is 14.6. The molecule has 0 aliphatic carbocycles. The standard InChI is InChI=1S/C27H25FN2O4S/c1-2-3-5-14-26(31)30-35(33,34)25-13-9-8-12-24(25)29-27(32)22-18-17-21(23(28)19-22)16-15-20-10-6-4-7-11-20/h4,6-13,17-19H,2-3,5,14H2,1H3,(H,29,32)(H,30,31). The summed E-state index contributed by atoms with van der Waals surface area (Å²) >= 11 is 0. The van der Waals surface area contributed by atoms with Gasteiger partial charge in [0.1, 0.15) is 10.7 Å². The van der Waals surface area contributed by atoms with Crippen LogP contribution in [-0.4, -0.2) is 20.2 Å². The molecule has 0 saturated carbocycles. The molecule has 0 unspecified atom stereocenters. The Morgan fingerprint density at radius 2 is 1.63 bits per heavy atom. The smallest absolute Gasteiger partial charge is 0.266 e. The molecule has 3 rings (SSSR count). The second-order valence-electron chi connectivity index (χ2n) is 7.75. The molecule has 3 aromatic rings. The average molecular weight is 493 g/mol. The topological polar surface area (TPSA) is 92.3 Å². The minimum absolute atomic E-state index is 0.0106. The second kappa shape index (κ2) is 12.0. The molecule has 0 fully saturated rings. The number of sulfonamides is 1. The molecule has 0 atom stereocenters. The SMILES string of the molecule is CCCCCC(=O)NS(=O)(=O)c1ccccc1NC(=O)c1ccc(C#Cc2ccccc2)c(F)c1. The first kappa shape index (κ1) is 25.7. The summed E-state index contributed by atoms with van der Waals surface area (Å²) in [6.45, 7) is 1.98. The molecule has 0 heterocycles. The zero-order chi connectivity index (χ0) is 25.3. The van der Waals surface area contributed by atoms with E-state index >= 15 is 0 Å². The van der Waals surface area contributed by atoms with E-state index in [9.17, 15) is 22.4 Å². The number of hydrogen-bond donors (Lipinski definition) is 2. The van der Waals surface area contributed by atoms with Crippen LogP contribution in [0.5, 0.6) is 0 Å². The number of carbonyl (C=O) groups excluding carboxylic acids is 2. The van der Waals surface area contributed by atoms with Crippen LogP contribution in [0.1, 0.15) is 54.1 Å². The molecule has 0 saturated heterocycles. The number of unbranched alkanes of at least 4 members (excludes halogenated alkanes) is 2. The van der Waals surface area contributed by atoms with Crippen LogP contribution in [0.2, 0.25) is 0 Å². The van der Waals surface area contributed by atoms with Crippen LogP contribution in [0.4, 0.5) is 10.1 Å². The van der Waals surface area contributed by atoms with Crippen molar-refractivity contribution in [1.29, 1.82) is 0 Å². The number of para-hydroxylation sites is 1. The van der Waals surface area contributed by atoms with Crippen molar-refractivity contribution in [3.8, 4) is 11.8 Å². The Balaban J connectivity index is 1.76. The van der Waals surface area contributed by atoms with Gasteiger partial charge in [0.15, 0.2) is 0 Å². The first-order valence-corrected chi connectivity index (χ1v) is 12.6. The molecule has 0 spiro atoms. The number of carbonyl (C=O) groups is 2. The van der Waals surface area contributed by atoms with Crippen molar-refractivity contribution >= 4 is 27.5 Å². The van der Waals surface area contributed by atoms with Crippen molar-refractivity contribution < 1.29 is 22.4 Å². The van der Waals surface area contributed by atoms with Crippen molar-refractivity contribution in [1.82, 2.24) is 4.72 Å². The van der Waals surface area contributed by atoms with E-state index in [2.05, 4.69) is 17.2 Å². The highest BCUT2D eigenvalue weighted by Gasteiger charge is 2.22. The van der Waals surface area contributed by atoms with Gasteiger partial charge in [-0.1, -0.05) is 61.9 Å². The van der Waals surface area contributed by atoms with Crippen LogP contribution in [0.25, 0.3) is 0 Å². The minimum Gasteiger partial charge on any atom is -0.321 e. The predicted octanol–water partition coefficient (Wildman–Crippen LogP) is 4.86. The van der Waals surface area contributed by atoms with E-state index < -0.39 is 27.7 Å². The summed E-state index contributed by atoms with van der Waals surface area (Å²) in [5.41, 5.74) is 0.812. The molecule has 35 heavy (non-hydrogen) atoms. The van der Waals surface area contributed by atoms with E-state index in [0.717, 1.165) is 24.5 Å². The summed E-state index contributed by atoms with van der Waals surface area (Å²) in [6, 6.07) is 18.6. The van der Waals surface area contributed by atoms with Crippen LogP contribution in [-0.2, 0) is 14.8 Å². The maximum atomic E-state index is 14.6. The van der Waals surface area contributed by atoms with Gasteiger partial charge in [-0.25, -0.2) is 17.5 Å². The van der Waals surface area contributed by atoms with Crippen LogP contribution >= 0.6 is 0 Å². The predicted molar refractivity (Wildman–Crippen MR) is 133 cm³/mol. The summed E-state index contributed by atoms with van der Waals surface area (Å²) in [5, 5.41) is 2.49. The molecular formula is C27H25FN2O4S. The molecule has 0 bridgehead atoms. The summed E-state index contributed by atoms with van der Waals surface area (Å²) in [5.74, 6) is 3.59. The Hall–Kier alpha value is -3.96. The van der Waals surface area contributed by atoms with Gasteiger partial charge in [-0.15, -0.1) is 0 Å². The third-order valence-corrected chi connectivity index (χ3v) is 6.46. The fraction of sp³-hybridized carbons (Fsp3) is 0.185.